The van der Waals surface area contributed by atoms with Gasteiger partial charge in [0.2, 0.25) is 3.79 Å². The van der Waals surface area contributed by atoms with Crippen molar-refractivity contribution in [3.05, 3.63) is 179 Å². The minimum absolute atomic E-state index is 0.00284. The Hall–Kier alpha value is -5.18. The lowest BCUT2D eigenvalue weighted by Gasteiger charge is -2.49. The molecule has 1 saturated heterocycles. The molecule has 6 rings (SSSR count). The predicted molar refractivity (Wildman–Crippen MR) is 242 cm³/mol. The number of rotatable bonds is 20. The summed E-state index contributed by atoms with van der Waals surface area (Å²) in [5.74, 6) is -1.74. The molecule has 15 heteroatoms. The van der Waals surface area contributed by atoms with E-state index >= 15 is 0 Å². The number of alkyl halides is 3. The van der Waals surface area contributed by atoms with Gasteiger partial charge in [0.1, 0.15) is 44.2 Å². The van der Waals surface area contributed by atoms with E-state index in [1.807, 2.05) is 140 Å². The van der Waals surface area contributed by atoms with E-state index in [9.17, 15) is 14.4 Å². The van der Waals surface area contributed by atoms with Crippen molar-refractivity contribution in [1.82, 2.24) is 10.6 Å². The van der Waals surface area contributed by atoms with E-state index in [0.29, 0.717) is 0 Å². The molecule has 1 heterocycles. The van der Waals surface area contributed by atoms with Crippen LogP contribution in [0.2, 0.25) is 0 Å². The SMILES string of the molecule is C[C@H](C1O[C@H](COCc2ccccc2)[C@H](OCc2ccccc2)[C@H](OCc2ccccc2)C1NC(=O)OCC(Cl)(Cl)Cl)[C@H](NC(=O)OCc1ccccc1)C(=O)OCc1ccccc1. The molecule has 2 amide bonds. The van der Waals surface area contributed by atoms with E-state index in [-0.39, 0.29) is 39.6 Å². The van der Waals surface area contributed by atoms with Crippen LogP contribution < -0.4 is 10.6 Å². The number of hydrogen-bond acceptors (Lipinski definition) is 10. The van der Waals surface area contributed by atoms with Gasteiger partial charge < -0.3 is 43.8 Å². The first-order valence-corrected chi connectivity index (χ1v) is 21.9. The predicted octanol–water partition coefficient (Wildman–Crippen LogP) is 9.28. The molecule has 2 unspecified atom stereocenters. The van der Waals surface area contributed by atoms with Crippen LogP contribution in [0.3, 0.4) is 0 Å². The molecule has 0 spiro atoms. The third kappa shape index (κ3) is 15.5. The van der Waals surface area contributed by atoms with E-state index in [2.05, 4.69) is 10.6 Å². The molecule has 1 aliphatic heterocycles. The number of carbonyl (C=O) groups excluding carboxylic acids is 3. The lowest BCUT2D eigenvalue weighted by Crippen LogP contribution is -2.68. The second kappa shape index (κ2) is 24.8. The second-order valence-electron chi connectivity index (χ2n) is 15.2. The minimum atomic E-state index is -1.92. The van der Waals surface area contributed by atoms with Crippen LogP contribution in [0, 0.1) is 5.92 Å². The molecule has 0 aliphatic carbocycles. The zero-order valence-corrected chi connectivity index (χ0v) is 37.4. The Morgan fingerprint density at radius 1 is 0.578 bits per heavy atom. The first-order valence-electron chi connectivity index (χ1n) is 20.8. The number of hydrogen-bond donors (Lipinski definition) is 2. The van der Waals surface area contributed by atoms with E-state index in [1.54, 1.807) is 19.1 Å². The fourth-order valence-electron chi connectivity index (χ4n) is 7.15. The van der Waals surface area contributed by atoms with Gasteiger partial charge >= 0.3 is 18.2 Å². The number of carbonyl (C=O) groups is 3. The highest BCUT2D eigenvalue weighted by Crippen LogP contribution is 2.34. The van der Waals surface area contributed by atoms with Gasteiger partial charge in [-0.25, -0.2) is 14.4 Å². The fourth-order valence-corrected chi connectivity index (χ4v) is 7.31. The Labute approximate surface area is 388 Å². The normalized spacial score (nSPS) is 19.4. The maximum atomic E-state index is 14.3. The van der Waals surface area contributed by atoms with Crippen molar-refractivity contribution in [1.29, 1.82) is 0 Å². The minimum Gasteiger partial charge on any atom is -0.459 e. The number of esters is 1. The van der Waals surface area contributed by atoms with Gasteiger partial charge in [-0.1, -0.05) is 193 Å². The van der Waals surface area contributed by atoms with E-state index in [0.717, 1.165) is 27.8 Å². The molecule has 0 saturated carbocycles. The lowest BCUT2D eigenvalue weighted by atomic mass is 9.83. The summed E-state index contributed by atoms with van der Waals surface area (Å²) in [5.41, 5.74) is 4.09. The Bertz CT molecular complexity index is 2160. The van der Waals surface area contributed by atoms with E-state index in [1.165, 1.54) is 0 Å². The van der Waals surface area contributed by atoms with Crippen molar-refractivity contribution in [2.75, 3.05) is 13.2 Å². The first kappa shape index (κ1) is 48.3. The zero-order chi connectivity index (χ0) is 45.2. The molecule has 7 atom stereocenters. The van der Waals surface area contributed by atoms with E-state index in [4.69, 9.17) is 68.0 Å². The molecule has 0 bridgehead atoms. The van der Waals surface area contributed by atoms with Gasteiger partial charge in [0, 0.05) is 5.92 Å². The summed E-state index contributed by atoms with van der Waals surface area (Å²) >= 11 is 17.9. The van der Waals surface area contributed by atoms with Gasteiger partial charge in [-0.2, -0.15) is 0 Å². The van der Waals surface area contributed by atoms with Crippen molar-refractivity contribution in [3.63, 3.8) is 0 Å². The number of benzene rings is 5. The largest absolute Gasteiger partial charge is 0.459 e. The highest BCUT2D eigenvalue weighted by atomic mass is 35.6. The smallest absolute Gasteiger partial charge is 0.408 e. The third-order valence-electron chi connectivity index (χ3n) is 10.4. The maximum Gasteiger partial charge on any atom is 0.408 e. The van der Waals surface area contributed by atoms with E-state index < -0.39 is 71.0 Å². The highest BCUT2D eigenvalue weighted by Gasteiger charge is 2.52. The van der Waals surface area contributed by atoms with Crippen LogP contribution in [-0.4, -0.2) is 71.7 Å². The second-order valence-corrected chi connectivity index (χ2v) is 17.7. The summed E-state index contributed by atoms with van der Waals surface area (Å²) in [6.45, 7) is 1.43. The zero-order valence-electron chi connectivity index (χ0n) is 35.1. The number of amides is 2. The molecule has 5 aromatic carbocycles. The lowest BCUT2D eigenvalue weighted by molar-refractivity contribution is -0.241. The van der Waals surface area contributed by atoms with Crippen LogP contribution in [0.5, 0.6) is 0 Å². The monoisotopic (exact) mass is 932 g/mol. The molecule has 2 N–H and O–H groups in total. The summed E-state index contributed by atoms with van der Waals surface area (Å²) < 4.78 is 41.6. The first-order chi connectivity index (χ1) is 31.0. The summed E-state index contributed by atoms with van der Waals surface area (Å²) in [4.78, 5) is 41.6. The molecule has 12 nitrogen and oxygen atoms in total. The quantitative estimate of drug-likeness (QED) is 0.0441. The molecular weight excluding hydrogens is 883 g/mol. The average Bonchev–Trinajstić information content (AvgIpc) is 3.31. The van der Waals surface area contributed by atoms with Crippen molar-refractivity contribution >= 4 is 53.0 Å². The summed E-state index contributed by atoms with van der Waals surface area (Å²) in [6, 6.07) is 44.4. The van der Waals surface area contributed by atoms with Crippen molar-refractivity contribution in [3.8, 4) is 0 Å². The van der Waals surface area contributed by atoms with Gasteiger partial charge in [-0.3, -0.25) is 0 Å². The van der Waals surface area contributed by atoms with Crippen LogP contribution >= 0.6 is 34.8 Å². The Balaban J connectivity index is 1.37. The van der Waals surface area contributed by atoms with Gasteiger partial charge in [-0.05, 0) is 27.8 Å². The van der Waals surface area contributed by atoms with Crippen molar-refractivity contribution in [2.24, 2.45) is 5.92 Å². The summed E-state index contributed by atoms with van der Waals surface area (Å²) in [5, 5.41) is 5.62. The Morgan fingerprint density at radius 3 is 1.50 bits per heavy atom. The van der Waals surface area contributed by atoms with Gasteiger partial charge in [0.15, 0.2) is 0 Å². The Morgan fingerprint density at radius 2 is 1.02 bits per heavy atom. The van der Waals surface area contributed by atoms with Crippen LogP contribution in [-0.2, 0) is 71.0 Å². The van der Waals surface area contributed by atoms with Crippen LogP contribution in [0.4, 0.5) is 9.59 Å². The summed E-state index contributed by atoms with van der Waals surface area (Å²) in [7, 11) is 0. The fraction of sp³-hybridized carbons (Fsp3) is 0.327. The van der Waals surface area contributed by atoms with Crippen LogP contribution in [0.1, 0.15) is 34.7 Å². The molecular formula is C49H51Cl3N2O10. The standard InChI is InChI=1S/C49H51Cl3N2O10/c1-34(41(46(55)61-30-38-23-13-5-14-24-38)53-47(56)62-31-39-25-15-6-16-26-39)43-42(54-48(57)63-33-49(50,51)52)45(60-29-37-21-11-4-12-22-37)44(59-28-36-19-9-3-10-20-36)40(64-43)32-58-27-35-17-7-2-8-18-35/h2-26,34,40-45H,27-33H2,1H3,(H,53,56)(H,54,57)/t34-,40+,41-,42?,43?,44-,45+/m0/s1. The Kier molecular flexibility index (Phi) is 18.7. The highest BCUT2D eigenvalue weighted by molar-refractivity contribution is 6.67. The molecule has 1 aliphatic rings. The molecule has 338 valence electrons. The average molecular weight is 934 g/mol. The van der Waals surface area contributed by atoms with Crippen LogP contribution in [0.15, 0.2) is 152 Å². The number of halogens is 3. The maximum absolute atomic E-state index is 14.3. The molecule has 5 aromatic rings. The number of nitrogens with one attached hydrogen (secondary N) is 2. The van der Waals surface area contributed by atoms with Crippen molar-refractivity contribution < 1.29 is 47.5 Å². The van der Waals surface area contributed by atoms with Crippen LogP contribution in [0.25, 0.3) is 0 Å². The van der Waals surface area contributed by atoms with Gasteiger partial charge in [-0.15, -0.1) is 0 Å². The topological polar surface area (TPSA) is 140 Å². The summed E-state index contributed by atoms with van der Waals surface area (Å²) in [6.07, 6.45) is -5.72. The van der Waals surface area contributed by atoms with Gasteiger partial charge in [0.05, 0.1) is 38.6 Å². The molecule has 64 heavy (non-hydrogen) atoms. The van der Waals surface area contributed by atoms with Crippen molar-refractivity contribution in [2.45, 2.75) is 80.3 Å². The molecule has 1 fully saturated rings. The van der Waals surface area contributed by atoms with Gasteiger partial charge in [0.25, 0.3) is 0 Å². The molecule has 0 radical (unpaired) electrons. The third-order valence-corrected chi connectivity index (χ3v) is 10.7. The number of ether oxygens (including phenoxy) is 7. The molecule has 0 aromatic heterocycles. The number of alkyl carbamates (subject to hydrolysis) is 2.